The number of H-pyrrole nitrogens is 1. The van der Waals surface area contributed by atoms with E-state index in [1.165, 1.54) is 13.2 Å². The first-order valence-corrected chi connectivity index (χ1v) is 20.0. The molecule has 1 aliphatic rings. The number of methoxy groups -OCH3 is 1. The number of aromatic nitrogens is 1. The summed E-state index contributed by atoms with van der Waals surface area (Å²) in [4.78, 5) is 58.2. The van der Waals surface area contributed by atoms with Crippen molar-refractivity contribution in [2.75, 3.05) is 33.3 Å². The number of phenolic OH excluding ortho intramolecular Hbond substituents is 1. The highest BCUT2D eigenvalue weighted by molar-refractivity contribution is 7.15. The maximum absolute atomic E-state index is 13.8. The van der Waals surface area contributed by atoms with Crippen molar-refractivity contribution in [2.24, 2.45) is 5.92 Å². The number of nitrogens with one attached hydrogen (secondary N) is 1. The van der Waals surface area contributed by atoms with Crippen molar-refractivity contribution < 1.29 is 33.4 Å². The number of ether oxygens (including phenoxy) is 2. The number of piperidine rings is 1. The first kappa shape index (κ1) is 37.1. The molecule has 1 aromatic carbocycles. The molecule has 0 spiro atoms. The summed E-state index contributed by atoms with van der Waals surface area (Å²) < 4.78 is 17.7. The van der Waals surface area contributed by atoms with Crippen LogP contribution < -0.4 is 5.56 Å². The molecule has 1 aliphatic heterocycles. The molecule has 2 N–H and O–H groups in total. The van der Waals surface area contributed by atoms with Crippen molar-refractivity contribution in [2.45, 2.75) is 84.2 Å². The number of esters is 1. The van der Waals surface area contributed by atoms with Gasteiger partial charge in [-0.3, -0.25) is 9.59 Å². The van der Waals surface area contributed by atoms with Crippen molar-refractivity contribution in [1.29, 1.82) is 0 Å². The van der Waals surface area contributed by atoms with Gasteiger partial charge in [0.05, 0.1) is 30.2 Å². The smallest absolute Gasteiger partial charge is 0.410 e. The van der Waals surface area contributed by atoms with Gasteiger partial charge in [-0.05, 0) is 87.5 Å². The van der Waals surface area contributed by atoms with Crippen molar-refractivity contribution in [3.63, 3.8) is 0 Å². The van der Waals surface area contributed by atoms with Gasteiger partial charge in [0, 0.05) is 31.1 Å². The maximum Gasteiger partial charge on any atom is 0.410 e. The molecule has 48 heavy (non-hydrogen) atoms. The lowest BCUT2D eigenvalue weighted by Crippen LogP contribution is -2.48. The summed E-state index contributed by atoms with van der Waals surface area (Å²) in [5, 5.41) is 11.1. The predicted octanol–water partition coefficient (Wildman–Crippen LogP) is 6.93. The van der Waals surface area contributed by atoms with E-state index in [0.717, 1.165) is 16.9 Å². The Morgan fingerprint density at radius 1 is 1.02 bits per heavy atom. The number of benzene rings is 1. The first-order chi connectivity index (χ1) is 22.3. The molecule has 3 heterocycles. The first-order valence-electron chi connectivity index (χ1n) is 16.3. The summed E-state index contributed by atoms with van der Waals surface area (Å²) in [6.07, 6.45) is 0.307. The fourth-order valence-corrected chi connectivity index (χ4v) is 7.63. The van der Waals surface area contributed by atoms with E-state index in [4.69, 9.17) is 13.9 Å². The molecule has 2 aromatic heterocycles. The maximum atomic E-state index is 13.8. The summed E-state index contributed by atoms with van der Waals surface area (Å²) in [7, 11) is -1.10. The van der Waals surface area contributed by atoms with Crippen LogP contribution in [0.4, 0.5) is 4.79 Å². The van der Waals surface area contributed by atoms with Gasteiger partial charge in [0.2, 0.25) is 5.56 Å². The molecule has 4 rings (SSSR count). The second-order valence-electron chi connectivity index (χ2n) is 14.9. The Labute approximate surface area is 287 Å². The van der Waals surface area contributed by atoms with Crippen LogP contribution in [0.2, 0.25) is 18.1 Å². The van der Waals surface area contributed by atoms with E-state index in [1.807, 2.05) is 20.8 Å². The minimum atomic E-state index is -2.41. The van der Waals surface area contributed by atoms with E-state index >= 15 is 0 Å². The molecule has 1 atom stereocenters. The van der Waals surface area contributed by atoms with Crippen molar-refractivity contribution in [3.05, 3.63) is 62.1 Å². The monoisotopic (exact) mass is 699 g/mol. The molecule has 3 aromatic rings. The third-order valence-electron chi connectivity index (χ3n) is 9.12. The molecular weight excluding hydrogens is 651 g/mol. The molecule has 1 fully saturated rings. The largest absolute Gasteiger partial charge is 0.506 e. The zero-order valence-corrected chi connectivity index (χ0v) is 31.3. The van der Waals surface area contributed by atoms with Crippen LogP contribution in [0.3, 0.4) is 0 Å². The van der Waals surface area contributed by atoms with E-state index in [0.29, 0.717) is 53.1 Å². The Morgan fingerprint density at radius 2 is 1.67 bits per heavy atom. The number of thiophene rings is 1. The number of aromatic hydroxyl groups is 1. The third kappa shape index (κ3) is 8.86. The number of likely N-dealkylation sites (tertiary alicyclic amines) is 1. The SMILES string of the molecule is COC(=O)c1ccc(C(=O)N2CCC(CN(C[C@H](O[Si](C)(C)C(C)(C)C)c3ccc(O)c4[nH]c(=O)ccc34)C(=O)OC(C)(C)C)CC2)s1. The van der Waals surface area contributed by atoms with Crippen LogP contribution in [0.25, 0.3) is 10.9 Å². The Balaban J connectivity index is 1.61. The molecule has 0 bridgehead atoms. The molecular formula is C35H49N3O8SSi. The van der Waals surface area contributed by atoms with E-state index in [1.54, 1.807) is 40.1 Å². The van der Waals surface area contributed by atoms with E-state index in [-0.39, 0.29) is 34.7 Å². The number of amides is 2. The standard InChI is InChI=1S/C35H49N3O8SSi/c1-34(2,3)45-33(43)38(20-22-16-18-37(19-17-22)31(41)27-13-14-28(47-27)32(42)44-7)21-26(46-48(8,9)35(4,5)6)23-10-12-25(39)30-24(23)11-15-29(40)36-30/h10-15,22,26,39H,16-21H2,1-9H3,(H,36,40)/t26-/m0/s1. The molecule has 2 amide bonds. The van der Waals surface area contributed by atoms with E-state index < -0.39 is 32.1 Å². The lowest BCUT2D eigenvalue weighted by Gasteiger charge is -2.41. The fourth-order valence-electron chi connectivity index (χ4n) is 5.47. The number of pyridine rings is 1. The zero-order chi connectivity index (χ0) is 35.6. The van der Waals surface area contributed by atoms with Gasteiger partial charge in [-0.2, -0.15) is 0 Å². The second kappa shape index (κ2) is 14.4. The summed E-state index contributed by atoms with van der Waals surface area (Å²) >= 11 is 1.12. The summed E-state index contributed by atoms with van der Waals surface area (Å²) in [6.45, 7) is 17.8. The van der Waals surface area contributed by atoms with Gasteiger partial charge in [0.1, 0.15) is 16.2 Å². The molecule has 1 saturated heterocycles. The van der Waals surface area contributed by atoms with Crippen LogP contribution in [0, 0.1) is 5.92 Å². The number of hydrogen-bond donors (Lipinski definition) is 2. The van der Waals surface area contributed by atoms with Gasteiger partial charge in [-0.15, -0.1) is 11.3 Å². The number of phenols is 1. The van der Waals surface area contributed by atoms with Gasteiger partial charge in [-0.1, -0.05) is 26.8 Å². The van der Waals surface area contributed by atoms with Gasteiger partial charge in [0.25, 0.3) is 5.91 Å². The lowest BCUT2D eigenvalue weighted by atomic mass is 9.95. The van der Waals surface area contributed by atoms with Crippen LogP contribution in [-0.2, 0) is 13.9 Å². The Hall–Kier alpha value is -3.68. The minimum Gasteiger partial charge on any atom is -0.506 e. The normalized spacial score (nSPS) is 15.3. The van der Waals surface area contributed by atoms with Crippen LogP contribution in [0.5, 0.6) is 5.75 Å². The molecule has 0 radical (unpaired) electrons. The third-order valence-corrected chi connectivity index (χ3v) is 14.7. The summed E-state index contributed by atoms with van der Waals surface area (Å²) in [5.41, 5.74) is 0.00399. The van der Waals surface area contributed by atoms with Crippen molar-refractivity contribution in [1.82, 2.24) is 14.8 Å². The van der Waals surface area contributed by atoms with Gasteiger partial charge >= 0.3 is 12.1 Å². The Morgan fingerprint density at radius 3 is 2.27 bits per heavy atom. The number of carbonyl (C=O) groups excluding carboxylic acids is 3. The summed E-state index contributed by atoms with van der Waals surface area (Å²) in [5.74, 6) is -0.550. The molecule has 0 unspecified atom stereocenters. The number of nitrogens with zero attached hydrogens (tertiary/aromatic N) is 2. The number of hydrogen-bond acceptors (Lipinski definition) is 9. The quantitative estimate of drug-likeness (QED) is 0.181. The van der Waals surface area contributed by atoms with Crippen molar-refractivity contribution >= 4 is 48.5 Å². The lowest BCUT2D eigenvalue weighted by molar-refractivity contribution is 0.00930. The topological polar surface area (TPSA) is 138 Å². The summed E-state index contributed by atoms with van der Waals surface area (Å²) in [6, 6.07) is 9.69. The van der Waals surface area contributed by atoms with Gasteiger partial charge in [0.15, 0.2) is 8.32 Å². The van der Waals surface area contributed by atoms with Crippen molar-refractivity contribution in [3.8, 4) is 5.75 Å². The predicted molar refractivity (Wildman–Crippen MR) is 189 cm³/mol. The van der Waals surface area contributed by atoms with Crippen LogP contribution in [0.15, 0.2) is 41.2 Å². The number of fused-ring (bicyclic) bond motifs is 1. The van der Waals surface area contributed by atoms with E-state index in [2.05, 4.69) is 38.8 Å². The van der Waals surface area contributed by atoms with Gasteiger partial charge in [-0.25, -0.2) is 9.59 Å². The number of aromatic amines is 1. The average molecular weight is 700 g/mol. The van der Waals surface area contributed by atoms with E-state index in [9.17, 15) is 24.3 Å². The molecule has 13 heteroatoms. The highest BCUT2D eigenvalue weighted by Gasteiger charge is 2.41. The second-order valence-corrected chi connectivity index (χ2v) is 20.8. The Kier molecular flexibility index (Phi) is 11.2. The van der Waals surface area contributed by atoms with Crippen LogP contribution in [0.1, 0.15) is 85.4 Å². The molecule has 0 saturated carbocycles. The van der Waals surface area contributed by atoms with Crippen LogP contribution in [-0.4, -0.2) is 85.1 Å². The van der Waals surface area contributed by atoms with Gasteiger partial charge < -0.3 is 33.8 Å². The highest BCUT2D eigenvalue weighted by atomic mass is 32.1. The Bertz CT molecular complexity index is 1700. The highest BCUT2D eigenvalue weighted by Crippen LogP contribution is 2.42. The number of rotatable bonds is 9. The zero-order valence-electron chi connectivity index (χ0n) is 29.5. The molecule has 11 nitrogen and oxygen atoms in total. The van der Waals surface area contributed by atoms with Crippen LogP contribution >= 0.6 is 11.3 Å². The minimum absolute atomic E-state index is 0.0492. The molecule has 262 valence electrons. The fraction of sp³-hybridized carbons (Fsp3) is 0.543. The average Bonchev–Trinajstić information content (AvgIpc) is 3.49. The molecule has 0 aliphatic carbocycles. The number of carbonyl (C=O) groups is 3.